The number of carboxylic acid groups (broad SMARTS) is 1. The van der Waals surface area contributed by atoms with Crippen LogP contribution in [0.1, 0.15) is 5.69 Å². The Hall–Kier alpha value is -2.96. The Morgan fingerprint density at radius 3 is 2.65 bits per heavy atom. The molecule has 170 valence electrons. The highest BCUT2D eigenvalue weighted by Crippen LogP contribution is 2.27. The predicted molar refractivity (Wildman–Crippen MR) is 108 cm³/mol. The van der Waals surface area contributed by atoms with Gasteiger partial charge in [-0.2, -0.15) is 8.42 Å². The third kappa shape index (κ3) is 6.03. The second-order valence-electron chi connectivity index (χ2n) is 5.66. The monoisotopic (exact) mass is 496 g/mol. The minimum absolute atomic E-state index is 0.0610. The summed E-state index contributed by atoms with van der Waals surface area (Å²) in [6.07, 6.45) is 0. The summed E-state index contributed by atoms with van der Waals surface area (Å²) in [7, 11) is -3.61. The van der Waals surface area contributed by atoms with E-state index < -0.39 is 57.7 Å². The van der Waals surface area contributed by atoms with Gasteiger partial charge in [0.1, 0.15) is 11.7 Å². The summed E-state index contributed by atoms with van der Waals surface area (Å²) in [6.45, 7) is -0.874. The van der Waals surface area contributed by atoms with Gasteiger partial charge in [0.2, 0.25) is 6.61 Å². The fourth-order valence-corrected chi connectivity index (χ4v) is 4.65. The highest BCUT2D eigenvalue weighted by atomic mass is 32.2. The van der Waals surface area contributed by atoms with E-state index in [1.165, 1.54) is 12.4 Å². The molecular formula is C13H16N6O9S3. The van der Waals surface area contributed by atoms with E-state index in [1.807, 2.05) is 0 Å². The van der Waals surface area contributed by atoms with Crippen LogP contribution in [0, 0.1) is 0 Å². The lowest BCUT2D eigenvalue weighted by molar-refractivity contribution is -0.143. The average Bonchev–Trinajstić information content (AvgIpc) is 3.10. The number of anilines is 1. The van der Waals surface area contributed by atoms with Crippen molar-refractivity contribution in [3.05, 3.63) is 11.1 Å². The molecule has 31 heavy (non-hydrogen) atoms. The number of hydrogen-bond donors (Lipinski definition) is 5. The lowest BCUT2D eigenvalue weighted by atomic mass is 10.0. The Kier molecular flexibility index (Phi) is 7.76. The van der Waals surface area contributed by atoms with Crippen LogP contribution in [-0.4, -0.2) is 87.6 Å². The van der Waals surface area contributed by atoms with E-state index in [-0.39, 0.29) is 20.9 Å². The largest absolute Gasteiger partial charge is 0.479 e. The zero-order valence-corrected chi connectivity index (χ0v) is 18.0. The number of rotatable bonds is 9. The van der Waals surface area contributed by atoms with Crippen LogP contribution in [0.3, 0.4) is 0 Å². The third-order valence-electron chi connectivity index (χ3n) is 3.62. The zero-order chi connectivity index (χ0) is 23.3. The number of hydrogen-bond acceptors (Lipinski definition) is 12. The number of thiazole rings is 1. The first-order valence-electron chi connectivity index (χ1n) is 8.04. The van der Waals surface area contributed by atoms with Gasteiger partial charge in [-0.25, -0.2) is 14.1 Å². The maximum atomic E-state index is 12.7. The molecule has 15 nitrogen and oxygen atoms in total. The molecular weight excluding hydrogens is 480 g/mol. The Bertz CT molecular complexity index is 1020. The minimum atomic E-state index is -4.94. The highest BCUT2D eigenvalue weighted by molar-refractivity contribution is 8.13. The molecule has 0 bridgehead atoms. The van der Waals surface area contributed by atoms with Crippen LogP contribution in [0.5, 0.6) is 0 Å². The Morgan fingerprint density at radius 1 is 1.45 bits per heavy atom. The normalized spacial score (nSPS) is 18.8. The molecule has 1 aliphatic rings. The van der Waals surface area contributed by atoms with Gasteiger partial charge in [-0.05, 0) is 0 Å². The Balaban J connectivity index is 2.24. The number of carboxylic acids is 1. The van der Waals surface area contributed by atoms with Gasteiger partial charge in [-0.3, -0.25) is 18.9 Å². The molecule has 0 radical (unpaired) electrons. The van der Waals surface area contributed by atoms with Gasteiger partial charge < -0.3 is 26.3 Å². The summed E-state index contributed by atoms with van der Waals surface area (Å²) < 4.78 is 32.3. The Morgan fingerprint density at radius 2 is 2.13 bits per heavy atom. The fraction of sp³-hybridized carbons (Fsp3) is 0.385. The van der Waals surface area contributed by atoms with E-state index in [0.29, 0.717) is 11.8 Å². The van der Waals surface area contributed by atoms with Gasteiger partial charge >= 0.3 is 16.3 Å². The van der Waals surface area contributed by atoms with Crippen LogP contribution in [-0.2, 0) is 29.5 Å². The fourth-order valence-electron chi connectivity index (χ4n) is 2.32. The number of carbonyl (C=O) groups is 4. The summed E-state index contributed by atoms with van der Waals surface area (Å²) >= 11 is 1.57. The van der Waals surface area contributed by atoms with E-state index >= 15 is 0 Å². The second-order valence-corrected chi connectivity index (χ2v) is 8.83. The number of β-lactam (4-membered cyclic amide) rings is 1. The molecule has 1 aromatic heterocycles. The standard InChI is InChI=1S/C13H16N6O9S3/c1-15-13(24)30-4-6-9(11(23)19(6)31(25,26)27)17-10(22)8(18-28-2-7(20)21)5-3-29-12(14)16-5/h3,6,9H,2,4H2,1H3,(H2,14,16)(H,15,24)(H,17,22)(H,20,21)(H,25,26,27)/b18-8-/t6-,9+/m1/s1. The number of aliphatic carboxylic acids is 1. The highest BCUT2D eigenvalue weighted by Gasteiger charge is 2.54. The number of amides is 3. The smallest absolute Gasteiger partial charge is 0.362 e. The number of thioether (sulfide) groups is 1. The first kappa shape index (κ1) is 24.3. The molecule has 3 amide bonds. The summed E-state index contributed by atoms with van der Waals surface area (Å²) in [4.78, 5) is 55.3. The van der Waals surface area contributed by atoms with Crippen molar-refractivity contribution in [1.29, 1.82) is 0 Å². The SMILES string of the molecule is CNC(=O)SC[C@@H]1[C@H](NC(=O)/C(=N\OCC(=O)O)c2csc(N)n2)C(=O)N1S(=O)(=O)O. The molecule has 0 unspecified atom stereocenters. The molecule has 18 heteroatoms. The maximum Gasteiger partial charge on any atom is 0.362 e. The number of nitrogens with zero attached hydrogens (tertiary/aromatic N) is 3. The number of nitrogens with one attached hydrogen (secondary N) is 2. The zero-order valence-electron chi connectivity index (χ0n) is 15.5. The predicted octanol–water partition coefficient (Wildman–Crippen LogP) is -1.90. The van der Waals surface area contributed by atoms with Gasteiger partial charge in [0.15, 0.2) is 10.8 Å². The van der Waals surface area contributed by atoms with Crippen molar-refractivity contribution < 1.29 is 42.1 Å². The van der Waals surface area contributed by atoms with Crippen molar-refractivity contribution in [2.45, 2.75) is 12.1 Å². The van der Waals surface area contributed by atoms with Gasteiger partial charge in [0.25, 0.3) is 17.1 Å². The van der Waals surface area contributed by atoms with Crippen LogP contribution in [0.25, 0.3) is 0 Å². The maximum absolute atomic E-state index is 12.7. The molecule has 1 aromatic rings. The lowest BCUT2D eigenvalue weighted by Gasteiger charge is -2.43. The van der Waals surface area contributed by atoms with E-state index in [4.69, 9.17) is 10.8 Å². The molecule has 0 spiro atoms. The second kappa shape index (κ2) is 9.90. The van der Waals surface area contributed by atoms with Crippen LogP contribution >= 0.6 is 23.1 Å². The first-order chi connectivity index (χ1) is 14.5. The van der Waals surface area contributed by atoms with Gasteiger partial charge in [0, 0.05) is 18.2 Å². The van der Waals surface area contributed by atoms with Crippen molar-refractivity contribution in [3.63, 3.8) is 0 Å². The van der Waals surface area contributed by atoms with E-state index in [0.717, 1.165) is 11.3 Å². The molecule has 2 atom stereocenters. The summed E-state index contributed by atoms with van der Waals surface area (Å²) in [6, 6.07) is -2.72. The molecule has 0 aromatic carbocycles. The number of carbonyl (C=O) groups excluding carboxylic acids is 3. The molecule has 6 N–H and O–H groups in total. The topological polar surface area (TPSA) is 231 Å². The first-order valence-corrected chi connectivity index (χ1v) is 11.3. The quantitative estimate of drug-likeness (QED) is 0.109. The number of oxime groups is 1. The van der Waals surface area contributed by atoms with Gasteiger partial charge in [0.05, 0.1) is 6.04 Å². The van der Waals surface area contributed by atoms with Gasteiger partial charge in [-0.1, -0.05) is 16.9 Å². The summed E-state index contributed by atoms with van der Waals surface area (Å²) in [5, 5.41) is 17.4. The van der Waals surface area contributed by atoms with Crippen molar-refractivity contribution in [1.82, 2.24) is 19.9 Å². The van der Waals surface area contributed by atoms with Crippen LogP contribution in [0.2, 0.25) is 0 Å². The molecule has 2 rings (SSSR count). The van der Waals surface area contributed by atoms with E-state index in [9.17, 15) is 32.1 Å². The number of nitrogens with two attached hydrogens (primary N) is 1. The van der Waals surface area contributed by atoms with Crippen LogP contribution < -0.4 is 16.4 Å². The average molecular weight is 497 g/mol. The van der Waals surface area contributed by atoms with E-state index in [2.05, 4.69) is 25.6 Å². The van der Waals surface area contributed by atoms with Crippen LogP contribution in [0.15, 0.2) is 10.5 Å². The molecule has 2 heterocycles. The molecule has 0 aliphatic carbocycles. The van der Waals surface area contributed by atoms with Crippen molar-refractivity contribution in [2.24, 2.45) is 5.16 Å². The summed E-state index contributed by atoms with van der Waals surface area (Å²) in [5.74, 6) is -3.85. The molecule has 1 aliphatic heterocycles. The van der Waals surface area contributed by atoms with Gasteiger partial charge in [-0.15, -0.1) is 11.3 Å². The number of aromatic nitrogens is 1. The number of nitrogen functional groups attached to an aromatic ring is 1. The van der Waals surface area contributed by atoms with Crippen LogP contribution in [0.4, 0.5) is 9.93 Å². The molecule has 1 saturated heterocycles. The Labute approximate surface area is 182 Å². The minimum Gasteiger partial charge on any atom is -0.479 e. The lowest BCUT2D eigenvalue weighted by Crippen LogP contribution is -2.73. The summed E-state index contributed by atoms with van der Waals surface area (Å²) in [5.41, 5.74) is 4.91. The molecule has 1 fully saturated rings. The molecule has 0 saturated carbocycles. The van der Waals surface area contributed by atoms with Crippen molar-refractivity contribution in [2.75, 3.05) is 25.1 Å². The van der Waals surface area contributed by atoms with Crippen molar-refractivity contribution >= 4 is 67.3 Å². The third-order valence-corrected chi connectivity index (χ3v) is 6.21. The van der Waals surface area contributed by atoms with E-state index in [1.54, 1.807) is 0 Å². The van der Waals surface area contributed by atoms with Crippen molar-refractivity contribution in [3.8, 4) is 0 Å².